The van der Waals surface area contributed by atoms with Crippen LogP contribution in [-0.2, 0) is 38.0 Å². The molecule has 2 heterocycles. The van der Waals surface area contributed by atoms with Gasteiger partial charge in [0, 0.05) is 12.8 Å². The van der Waals surface area contributed by atoms with Gasteiger partial charge in [0.15, 0.2) is 18.7 Å². The van der Waals surface area contributed by atoms with Crippen molar-refractivity contribution in [3.63, 3.8) is 0 Å². The van der Waals surface area contributed by atoms with Crippen LogP contribution in [0.25, 0.3) is 0 Å². The van der Waals surface area contributed by atoms with E-state index in [1.165, 1.54) is 6.92 Å². The first-order chi connectivity index (χ1) is 31.0. The van der Waals surface area contributed by atoms with E-state index in [1.807, 2.05) is 0 Å². The molecule has 0 unspecified atom stereocenters. The predicted octanol–water partition coefficient (Wildman–Crippen LogP) is 8.32. The number of ether oxygens (including phenoxy) is 6. The Morgan fingerprint density at radius 2 is 0.953 bits per heavy atom. The molecular weight excluding hydrogens is 821 g/mol. The third-order valence-corrected chi connectivity index (χ3v) is 11.1. The average Bonchev–Trinajstić information content (AvgIpc) is 3.28. The van der Waals surface area contributed by atoms with Crippen LogP contribution in [0.3, 0.4) is 0 Å². The smallest absolute Gasteiger partial charge is 0.306 e. The van der Waals surface area contributed by atoms with Crippen molar-refractivity contribution in [2.75, 3.05) is 13.2 Å². The van der Waals surface area contributed by atoms with Crippen molar-refractivity contribution in [1.29, 1.82) is 0 Å². The van der Waals surface area contributed by atoms with E-state index in [0.29, 0.717) is 12.8 Å². The lowest BCUT2D eigenvalue weighted by molar-refractivity contribution is -0.353. The molecule has 0 saturated carbocycles. The molecule has 0 spiro atoms. The Bertz CT molecular complexity index is 1390. The molecule has 2 aliphatic rings. The summed E-state index contributed by atoms with van der Waals surface area (Å²) in [6.45, 7) is 6.77. The molecule has 0 amide bonds. The van der Waals surface area contributed by atoms with E-state index in [0.717, 1.165) is 103 Å². The first kappa shape index (κ1) is 57.1. The van der Waals surface area contributed by atoms with Crippen LogP contribution >= 0.6 is 0 Å². The zero-order chi connectivity index (χ0) is 46.8. The van der Waals surface area contributed by atoms with E-state index >= 15 is 0 Å². The molecule has 2 fully saturated rings. The van der Waals surface area contributed by atoms with Crippen molar-refractivity contribution in [2.45, 2.75) is 224 Å². The van der Waals surface area contributed by atoms with Gasteiger partial charge in [0.2, 0.25) is 0 Å². The summed E-state index contributed by atoms with van der Waals surface area (Å²) in [4.78, 5) is 25.7. The van der Waals surface area contributed by atoms with E-state index in [-0.39, 0.29) is 26.1 Å². The van der Waals surface area contributed by atoms with Gasteiger partial charge in [0.05, 0.1) is 18.8 Å². The summed E-state index contributed by atoms with van der Waals surface area (Å²) in [5, 5.41) is 52.6. The number of carbonyl (C=O) groups is 2. The van der Waals surface area contributed by atoms with Gasteiger partial charge >= 0.3 is 11.9 Å². The number of rotatable bonds is 34. The Balaban J connectivity index is 1.80. The zero-order valence-corrected chi connectivity index (χ0v) is 39.3. The zero-order valence-electron chi connectivity index (χ0n) is 39.3. The van der Waals surface area contributed by atoms with Gasteiger partial charge in [0.25, 0.3) is 0 Å². The molecular formula is C51H84O13. The lowest BCUT2D eigenvalue weighted by Crippen LogP contribution is -2.63. The van der Waals surface area contributed by atoms with E-state index in [9.17, 15) is 35.1 Å². The maximum absolute atomic E-state index is 13.0. The molecule has 13 heteroatoms. The first-order valence-corrected chi connectivity index (χ1v) is 24.2. The Morgan fingerprint density at radius 1 is 0.500 bits per heavy atom. The Morgan fingerprint density at radius 3 is 1.50 bits per heavy atom. The molecule has 2 aliphatic heterocycles. The monoisotopic (exact) mass is 905 g/mol. The number of hydrogen-bond acceptors (Lipinski definition) is 13. The van der Waals surface area contributed by atoms with Gasteiger partial charge in [-0.25, -0.2) is 0 Å². The van der Waals surface area contributed by atoms with Gasteiger partial charge in [-0.1, -0.05) is 125 Å². The van der Waals surface area contributed by atoms with Gasteiger partial charge in [-0.3, -0.25) is 9.59 Å². The molecule has 0 aromatic heterocycles. The van der Waals surface area contributed by atoms with Crippen LogP contribution in [0, 0.1) is 0 Å². The van der Waals surface area contributed by atoms with Crippen LogP contribution in [0.2, 0.25) is 0 Å². The maximum Gasteiger partial charge on any atom is 0.306 e. The highest BCUT2D eigenvalue weighted by Crippen LogP contribution is 2.29. The van der Waals surface area contributed by atoms with Crippen LogP contribution in [0.4, 0.5) is 0 Å². The van der Waals surface area contributed by atoms with Crippen molar-refractivity contribution in [1.82, 2.24) is 0 Å². The predicted molar refractivity (Wildman–Crippen MR) is 249 cm³/mol. The normalized spacial score (nSPS) is 27.3. The van der Waals surface area contributed by atoms with Gasteiger partial charge < -0.3 is 54.0 Å². The number of carbonyl (C=O) groups excluding carboxylic acids is 2. The van der Waals surface area contributed by atoms with E-state index in [4.69, 9.17) is 28.4 Å². The van der Waals surface area contributed by atoms with Crippen molar-refractivity contribution in [3.8, 4) is 0 Å². The third-order valence-electron chi connectivity index (χ3n) is 11.1. The maximum atomic E-state index is 13.0. The Kier molecular flexibility index (Phi) is 32.3. The van der Waals surface area contributed by atoms with Gasteiger partial charge in [-0.05, 0) is 90.9 Å². The highest BCUT2D eigenvalue weighted by molar-refractivity contribution is 5.70. The topological polar surface area (TPSA) is 191 Å². The summed E-state index contributed by atoms with van der Waals surface area (Å²) in [7, 11) is 0. The van der Waals surface area contributed by atoms with Crippen LogP contribution in [0.15, 0.2) is 72.9 Å². The second-order valence-electron chi connectivity index (χ2n) is 16.8. The minimum Gasteiger partial charge on any atom is -0.462 e. The molecule has 13 nitrogen and oxygen atoms in total. The van der Waals surface area contributed by atoms with Crippen LogP contribution in [0.1, 0.15) is 156 Å². The quantitative estimate of drug-likeness (QED) is 0.0236. The second-order valence-corrected chi connectivity index (χ2v) is 16.8. The fraction of sp³-hybridized carbons (Fsp3) is 0.725. The molecule has 2 rings (SSSR count). The van der Waals surface area contributed by atoms with Crippen molar-refractivity contribution in [2.24, 2.45) is 0 Å². The molecule has 2 saturated heterocycles. The summed E-state index contributed by atoms with van der Waals surface area (Å²) >= 11 is 0. The fourth-order valence-corrected chi connectivity index (χ4v) is 7.21. The number of aliphatic hydroxyl groups excluding tert-OH is 5. The van der Waals surface area contributed by atoms with Gasteiger partial charge in [0.1, 0.15) is 43.2 Å². The molecule has 0 radical (unpaired) electrons. The molecule has 0 aromatic carbocycles. The number of allylic oxidation sites excluding steroid dienone is 12. The summed E-state index contributed by atoms with van der Waals surface area (Å²) < 4.78 is 34.1. The SMILES string of the molecule is CC/C=C\C/C=C\C/C=C\CCCCCCCC(=O)OC[C@H](CO[C@@H]1O[C@H](C)[C@@H](O[C@H]2O[C@@H](C)[C@H](O)[C@@H](O)[C@@H]2O)[C@H](O)[C@H]1O)OC(=O)CCCCCCC/C=C\C/C=C\C/C=C\CC. The Labute approximate surface area is 384 Å². The van der Waals surface area contributed by atoms with Gasteiger partial charge in [-0.15, -0.1) is 0 Å². The number of esters is 2. The minimum atomic E-state index is -1.63. The standard InChI is InChI=1S/C51H84O13/c1-5-7-9-11-13-15-17-19-21-23-25-27-29-31-33-35-42(52)59-37-41(63-43(53)36-34-32-30-28-26-24-22-20-18-16-14-12-10-8-6-2)38-60-50-48(58)46(56)49(40(4)62-50)64-51-47(57)45(55)44(54)39(3)61-51/h7-10,13-16,19-22,39-41,44-51,54-58H,5-6,11-12,17-18,23-38H2,1-4H3/b9-7-,10-8-,15-13-,16-14-,21-19-,22-20-/t39-,40+,41+,44-,45+,46+,47-,48+,49+,50+,51+/m0/s1. The van der Waals surface area contributed by atoms with E-state index in [2.05, 4.69) is 86.8 Å². The first-order valence-electron chi connectivity index (χ1n) is 24.2. The summed E-state index contributed by atoms with van der Waals surface area (Å²) in [5.74, 6) is -0.873. The number of unbranched alkanes of at least 4 members (excludes halogenated alkanes) is 10. The largest absolute Gasteiger partial charge is 0.462 e. The fourth-order valence-electron chi connectivity index (χ4n) is 7.21. The molecule has 64 heavy (non-hydrogen) atoms. The lowest BCUT2D eigenvalue weighted by atomic mass is 9.97. The highest BCUT2D eigenvalue weighted by atomic mass is 16.7. The average molecular weight is 905 g/mol. The molecule has 0 aromatic rings. The summed E-state index contributed by atoms with van der Waals surface area (Å²) in [5.41, 5.74) is 0. The van der Waals surface area contributed by atoms with Crippen molar-refractivity contribution in [3.05, 3.63) is 72.9 Å². The highest BCUT2D eigenvalue weighted by Gasteiger charge is 2.49. The van der Waals surface area contributed by atoms with E-state index in [1.54, 1.807) is 6.92 Å². The second kappa shape index (κ2) is 36.2. The molecule has 366 valence electrons. The minimum absolute atomic E-state index is 0.185. The molecule has 0 bridgehead atoms. The van der Waals surface area contributed by atoms with Crippen molar-refractivity contribution < 1.29 is 63.5 Å². The van der Waals surface area contributed by atoms with E-state index < -0.39 is 79.5 Å². The number of hydrogen-bond donors (Lipinski definition) is 5. The lowest BCUT2D eigenvalue weighted by Gasteiger charge is -2.45. The van der Waals surface area contributed by atoms with Crippen LogP contribution in [0.5, 0.6) is 0 Å². The molecule has 5 N–H and O–H groups in total. The summed E-state index contributed by atoms with van der Waals surface area (Å²) in [6, 6.07) is 0. The third kappa shape index (κ3) is 25.1. The Hall–Kier alpha value is -2.98. The van der Waals surface area contributed by atoms with Gasteiger partial charge in [-0.2, -0.15) is 0 Å². The van der Waals surface area contributed by atoms with Crippen LogP contribution in [-0.4, -0.2) is 118 Å². The molecule has 0 aliphatic carbocycles. The van der Waals surface area contributed by atoms with Crippen LogP contribution < -0.4 is 0 Å². The number of aliphatic hydroxyl groups is 5. The molecule has 11 atom stereocenters. The summed E-state index contributed by atoms with van der Waals surface area (Å²) in [6.07, 6.45) is 29.7. The van der Waals surface area contributed by atoms with Crippen molar-refractivity contribution >= 4 is 11.9 Å².